The van der Waals surface area contributed by atoms with E-state index in [4.69, 9.17) is 9.47 Å². The van der Waals surface area contributed by atoms with E-state index in [1.165, 1.54) is 14.2 Å². The average Bonchev–Trinajstić information content (AvgIpc) is 2.97. The molecular formula is C23H27N3O5. The number of methoxy groups -OCH3 is 2. The smallest absolute Gasteiger partial charge is 0.325 e. The van der Waals surface area contributed by atoms with E-state index in [1.807, 2.05) is 24.3 Å². The van der Waals surface area contributed by atoms with Crippen LogP contribution in [0.2, 0.25) is 0 Å². The Morgan fingerprint density at radius 1 is 1.10 bits per heavy atom. The van der Waals surface area contributed by atoms with Crippen LogP contribution in [-0.2, 0) is 15.1 Å². The van der Waals surface area contributed by atoms with Gasteiger partial charge in [0.2, 0.25) is 5.91 Å². The third-order valence-electron chi connectivity index (χ3n) is 5.41. The summed E-state index contributed by atoms with van der Waals surface area (Å²) in [6.07, 6.45) is 0. The summed E-state index contributed by atoms with van der Waals surface area (Å²) in [5, 5.41) is 5.39. The second-order valence-electron chi connectivity index (χ2n) is 7.84. The Morgan fingerprint density at radius 2 is 1.77 bits per heavy atom. The van der Waals surface area contributed by atoms with Crippen LogP contribution in [0, 0.1) is 0 Å². The predicted molar refractivity (Wildman–Crippen MR) is 116 cm³/mol. The van der Waals surface area contributed by atoms with E-state index in [1.54, 1.807) is 25.1 Å². The van der Waals surface area contributed by atoms with Crippen molar-refractivity contribution in [2.24, 2.45) is 0 Å². The quantitative estimate of drug-likeness (QED) is 0.664. The lowest BCUT2D eigenvalue weighted by atomic mass is 9.90. The van der Waals surface area contributed by atoms with E-state index in [9.17, 15) is 14.4 Å². The van der Waals surface area contributed by atoms with Gasteiger partial charge in [-0.3, -0.25) is 14.5 Å². The summed E-state index contributed by atoms with van der Waals surface area (Å²) in [5.41, 5.74) is 0.937. The minimum absolute atomic E-state index is 0.351. The molecule has 3 rings (SSSR count). The normalized spacial score (nSPS) is 18.2. The molecule has 0 bridgehead atoms. The Balaban J connectivity index is 1.76. The Morgan fingerprint density at radius 3 is 2.35 bits per heavy atom. The number of ether oxygens (including phenoxy) is 2. The van der Waals surface area contributed by atoms with Gasteiger partial charge in [0.25, 0.3) is 5.91 Å². The van der Waals surface area contributed by atoms with Crippen LogP contribution in [0.3, 0.4) is 0 Å². The van der Waals surface area contributed by atoms with Crippen LogP contribution in [0.4, 0.5) is 10.5 Å². The molecule has 164 valence electrons. The molecule has 1 atom stereocenters. The Hall–Kier alpha value is -3.55. The highest BCUT2D eigenvalue weighted by molar-refractivity contribution is 6.10. The van der Waals surface area contributed by atoms with Gasteiger partial charge in [0.15, 0.2) is 0 Å². The summed E-state index contributed by atoms with van der Waals surface area (Å²) in [6.45, 7) is 5.37. The van der Waals surface area contributed by atoms with Gasteiger partial charge in [-0.15, -0.1) is 0 Å². The van der Waals surface area contributed by atoms with E-state index < -0.39 is 29.9 Å². The van der Waals surface area contributed by atoms with Crippen LogP contribution < -0.4 is 20.1 Å². The first-order valence-electron chi connectivity index (χ1n) is 9.96. The first kappa shape index (κ1) is 22.1. The molecule has 8 nitrogen and oxygen atoms in total. The highest BCUT2D eigenvalue weighted by Gasteiger charge is 2.49. The number of urea groups is 1. The number of carbonyl (C=O) groups excluding carboxylic acids is 3. The molecular weight excluding hydrogens is 398 g/mol. The van der Waals surface area contributed by atoms with Crippen molar-refractivity contribution in [3.05, 3.63) is 53.6 Å². The highest BCUT2D eigenvalue weighted by atomic mass is 16.5. The third-order valence-corrected chi connectivity index (χ3v) is 5.41. The molecule has 0 radical (unpaired) electrons. The summed E-state index contributed by atoms with van der Waals surface area (Å²) in [7, 11) is 2.99. The SMILES string of the molecule is COc1ccc(OC)c(NC(=O)CN2C(=O)N[C@@](C)(c3ccc(C(C)C)cc3)C2=O)c1. The zero-order valence-corrected chi connectivity index (χ0v) is 18.3. The summed E-state index contributed by atoms with van der Waals surface area (Å²) in [4.78, 5) is 39.1. The van der Waals surface area contributed by atoms with Crippen LogP contribution in [0.1, 0.15) is 37.8 Å². The topological polar surface area (TPSA) is 97.0 Å². The molecule has 0 spiro atoms. The van der Waals surface area contributed by atoms with Gasteiger partial charge in [0.05, 0.1) is 19.9 Å². The lowest BCUT2D eigenvalue weighted by Gasteiger charge is -2.23. The minimum atomic E-state index is -1.24. The van der Waals surface area contributed by atoms with Gasteiger partial charge in [-0.05, 0) is 36.1 Å². The maximum absolute atomic E-state index is 13.1. The van der Waals surface area contributed by atoms with Gasteiger partial charge in [0.1, 0.15) is 23.6 Å². The van der Waals surface area contributed by atoms with Crippen LogP contribution in [-0.4, -0.2) is 43.5 Å². The number of rotatable bonds is 7. The number of carbonyl (C=O) groups is 3. The first-order chi connectivity index (χ1) is 14.7. The third kappa shape index (κ3) is 4.33. The van der Waals surface area contributed by atoms with Crippen LogP contribution in [0.5, 0.6) is 11.5 Å². The zero-order chi connectivity index (χ0) is 22.8. The molecule has 31 heavy (non-hydrogen) atoms. The molecule has 1 heterocycles. The first-order valence-corrected chi connectivity index (χ1v) is 9.96. The predicted octanol–water partition coefficient (Wildman–Crippen LogP) is 3.23. The number of amides is 4. The van der Waals surface area contributed by atoms with Gasteiger partial charge in [-0.2, -0.15) is 0 Å². The molecule has 0 saturated carbocycles. The Labute approximate surface area is 181 Å². The highest BCUT2D eigenvalue weighted by Crippen LogP contribution is 2.31. The fourth-order valence-corrected chi connectivity index (χ4v) is 3.48. The van der Waals surface area contributed by atoms with E-state index in [0.717, 1.165) is 10.5 Å². The fourth-order valence-electron chi connectivity index (χ4n) is 3.48. The summed E-state index contributed by atoms with van der Waals surface area (Å²) in [5.74, 6) is 0.298. The standard InChI is InChI=1S/C23H27N3O5/c1-14(2)15-6-8-16(9-7-15)23(3)21(28)26(22(29)25-23)13-20(27)24-18-12-17(30-4)10-11-19(18)31-5/h6-12,14H,13H2,1-5H3,(H,24,27)(H,25,29)/t23-/m0/s1. The van der Waals surface area contributed by atoms with E-state index in [2.05, 4.69) is 24.5 Å². The zero-order valence-electron chi connectivity index (χ0n) is 18.3. The number of hydrogen-bond acceptors (Lipinski definition) is 5. The molecule has 1 aliphatic rings. The number of imide groups is 1. The molecule has 1 saturated heterocycles. The second kappa shape index (κ2) is 8.67. The van der Waals surface area contributed by atoms with Crippen molar-refractivity contribution >= 4 is 23.5 Å². The minimum Gasteiger partial charge on any atom is -0.497 e. The van der Waals surface area contributed by atoms with Gasteiger partial charge in [-0.25, -0.2) is 4.79 Å². The monoisotopic (exact) mass is 425 g/mol. The molecule has 0 aliphatic carbocycles. The largest absolute Gasteiger partial charge is 0.497 e. The molecule has 1 aliphatic heterocycles. The van der Waals surface area contributed by atoms with Crippen LogP contribution in [0.25, 0.3) is 0 Å². The van der Waals surface area contributed by atoms with Crippen molar-refractivity contribution in [2.45, 2.75) is 32.2 Å². The maximum Gasteiger partial charge on any atom is 0.325 e. The van der Waals surface area contributed by atoms with Crippen LogP contribution >= 0.6 is 0 Å². The van der Waals surface area contributed by atoms with Crippen molar-refractivity contribution < 1.29 is 23.9 Å². The number of nitrogens with zero attached hydrogens (tertiary/aromatic N) is 1. The van der Waals surface area contributed by atoms with Crippen molar-refractivity contribution in [2.75, 3.05) is 26.1 Å². The van der Waals surface area contributed by atoms with E-state index in [0.29, 0.717) is 28.7 Å². The molecule has 2 N–H and O–H groups in total. The summed E-state index contributed by atoms with van der Waals surface area (Å²) < 4.78 is 10.4. The van der Waals surface area contributed by atoms with Crippen molar-refractivity contribution in [1.29, 1.82) is 0 Å². The molecule has 0 aromatic heterocycles. The van der Waals surface area contributed by atoms with E-state index in [-0.39, 0.29) is 0 Å². The lowest BCUT2D eigenvalue weighted by Crippen LogP contribution is -2.42. The van der Waals surface area contributed by atoms with Gasteiger partial charge in [-0.1, -0.05) is 38.1 Å². The van der Waals surface area contributed by atoms with Crippen molar-refractivity contribution in [3.8, 4) is 11.5 Å². The summed E-state index contributed by atoms with van der Waals surface area (Å²) >= 11 is 0. The molecule has 0 unspecified atom stereocenters. The molecule has 4 amide bonds. The number of benzene rings is 2. The molecule has 2 aromatic carbocycles. The average molecular weight is 425 g/mol. The van der Waals surface area contributed by atoms with Gasteiger partial charge < -0.3 is 20.1 Å². The van der Waals surface area contributed by atoms with Crippen molar-refractivity contribution in [1.82, 2.24) is 10.2 Å². The number of anilines is 1. The fraction of sp³-hybridized carbons (Fsp3) is 0.348. The van der Waals surface area contributed by atoms with Gasteiger partial charge >= 0.3 is 6.03 Å². The maximum atomic E-state index is 13.1. The molecule has 1 fully saturated rings. The summed E-state index contributed by atoms with van der Waals surface area (Å²) in [6, 6.07) is 11.9. The van der Waals surface area contributed by atoms with Gasteiger partial charge in [0, 0.05) is 6.07 Å². The number of nitrogens with one attached hydrogen (secondary N) is 2. The van der Waals surface area contributed by atoms with E-state index >= 15 is 0 Å². The number of hydrogen-bond donors (Lipinski definition) is 2. The molecule has 8 heteroatoms. The van der Waals surface area contributed by atoms with Crippen LogP contribution in [0.15, 0.2) is 42.5 Å². The molecule has 2 aromatic rings. The van der Waals surface area contributed by atoms with Crippen molar-refractivity contribution in [3.63, 3.8) is 0 Å². The Kier molecular flexibility index (Phi) is 6.19. The lowest BCUT2D eigenvalue weighted by molar-refractivity contribution is -0.133. The second-order valence-corrected chi connectivity index (χ2v) is 7.84. The Bertz CT molecular complexity index is 1000.